The Bertz CT molecular complexity index is 814. The first-order valence-corrected chi connectivity index (χ1v) is 8.90. The molecule has 0 aromatic heterocycles. The van der Waals surface area contributed by atoms with E-state index in [2.05, 4.69) is 16.2 Å². The average molecular weight is 375 g/mol. The molecule has 0 saturated heterocycles. The van der Waals surface area contributed by atoms with Gasteiger partial charge in [0.25, 0.3) is 5.91 Å². The number of para-hydroxylation sites is 1. The van der Waals surface area contributed by atoms with Gasteiger partial charge in [0.1, 0.15) is 5.82 Å². The number of hydrazine groups is 1. The van der Waals surface area contributed by atoms with Gasteiger partial charge >= 0.3 is 0 Å². The predicted molar refractivity (Wildman–Crippen MR) is 99.1 cm³/mol. The number of thioether (sulfide) groups is 1. The maximum absolute atomic E-state index is 13.4. The van der Waals surface area contributed by atoms with Crippen molar-refractivity contribution in [3.8, 4) is 0 Å². The molecule has 0 atom stereocenters. The molecule has 6 nitrogen and oxygen atoms in total. The first-order chi connectivity index (χ1) is 12.5. The van der Waals surface area contributed by atoms with E-state index in [0.717, 1.165) is 17.3 Å². The molecule has 3 amide bonds. The number of benzene rings is 2. The second-order valence-electron chi connectivity index (χ2n) is 5.34. The Hall–Kier alpha value is -2.87. The molecular formula is C18H18FN3O3S. The third-order valence-electron chi connectivity index (χ3n) is 3.32. The molecule has 2 aromatic carbocycles. The summed E-state index contributed by atoms with van der Waals surface area (Å²) in [7, 11) is 0. The van der Waals surface area contributed by atoms with Crippen LogP contribution in [0.5, 0.6) is 0 Å². The lowest BCUT2D eigenvalue weighted by atomic mass is 10.1. The zero-order chi connectivity index (χ0) is 18.9. The molecular weight excluding hydrogens is 357 g/mol. The molecule has 0 aliphatic heterocycles. The average Bonchev–Trinajstić information content (AvgIpc) is 2.62. The summed E-state index contributed by atoms with van der Waals surface area (Å²) in [5, 5.41) is 2.43. The maximum Gasteiger partial charge on any atom is 0.269 e. The number of hydrogen-bond acceptors (Lipinski definition) is 4. The van der Waals surface area contributed by atoms with Crippen LogP contribution in [0.15, 0.2) is 48.5 Å². The van der Waals surface area contributed by atoms with Crippen LogP contribution in [0.1, 0.15) is 15.9 Å². The largest absolute Gasteiger partial charge is 0.323 e. The Balaban J connectivity index is 1.69. The fourth-order valence-electron chi connectivity index (χ4n) is 2.04. The minimum Gasteiger partial charge on any atom is -0.323 e. The molecule has 0 bridgehead atoms. The van der Waals surface area contributed by atoms with E-state index in [0.29, 0.717) is 5.56 Å². The van der Waals surface area contributed by atoms with Crippen LogP contribution < -0.4 is 16.2 Å². The van der Waals surface area contributed by atoms with E-state index in [9.17, 15) is 18.8 Å². The lowest BCUT2D eigenvalue weighted by Gasteiger charge is -2.09. The van der Waals surface area contributed by atoms with Crippen LogP contribution >= 0.6 is 11.8 Å². The number of aryl methyl sites for hydroxylation is 1. The summed E-state index contributed by atoms with van der Waals surface area (Å²) in [5.41, 5.74) is 5.96. The van der Waals surface area contributed by atoms with Crippen molar-refractivity contribution in [1.82, 2.24) is 10.9 Å². The molecule has 0 heterocycles. The number of rotatable bonds is 6. The Morgan fingerprint density at radius 1 is 0.923 bits per heavy atom. The van der Waals surface area contributed by atoms with E-state index in [1.54, 1.807) is 31.2 Å². The van der Waals surface area contributed by atoms with Gasteiger partial charge in [-0.05, 0) is 30.7 Å². The van der Waals surface area contributed by atoms with Gasteiger partial charge in [-0.1, -0.05) is 30.3 Å². The number of amides is 3. The van der Waals surface area contributed by atoms with E-state index in [-0.39, 0.29) is 17.2 Å². The van der Waals surface area contributed by atoms with Crippen LogP contribution in [0.25, 0.3) is 0 Å². The predicted octanol–water partition coefficient (Wildman–Crippen LogP) is 2.27. The van der Waals surface area contributed by atoms with Crippen molar-refractivity contribution in [2.45, 2.75) is 6.92 Å². The van der Waals surface area contributed by atoms with E-state index < -0.39 is 23.5 Å². The highest BCUT2D eigenvalue weighted by atomic mass is 32.2. The summed E-state index contributed by atoms with van der Waals surface area (Å²) in [6, 6.07) is 12.8. The van der Waals surface area contributed by atoms with Gasteiger partial charge < -0.3 is 5.32 Å². The summed E-state index contributed by atoms with van der Waals surface area (Å²) < 4.78 is 13.4. The standard InChI is InChI=1S/C18H18FN3O3S/c1-12-6-2-3-7-13(12)18(25)22-21-17(24)11-26-10-16(23)20-15-9-5-4-8-14(15)19/h2-9H,10-11H2,1H3,(H,20,23)(H,21,24)(H,22,25). The minimum atomic E-state index is -0.525. The molecule has 3 N–H and O–H groups in total. The number of halogens is 1. The van der Waals surface area contributed by atoms with Crippen LogP contribution in [0.4, 0.5) is 10.1 Å². The van der Waals surface area contributed by atoms with Crippen molar-refractivity contribution in [2.24, 2.45) is 0 Å². The highest BCUT2D eigenvalue weighted by Gasteiger charge is 2.11. The lowest BCUT2D eigenvalue weighted by molar-refractivity contribution is -0.119. The molecule has 0 aliphatic rings. The van der Waals surface area contributed by atoms with E-state index in [4.69, 9.17) is 0 Å². The molecule has 0 saturated carbocycles. The SMILES string of the molecule is Cc1ccccc1C(=O)NNC(=O)CSCC(=O)Nc1ccccc1F. The molecule has 136 valence electrons. The van der Waals surface area contributed by atoms with Crippen LogP contribution in [0.2, 0.25) is 0 Å². The smallest absolute Gasteiger partial charge is 0.269 e. The molecule has 8 heteroatoms. The van der Waals surface area contributed by atoms with Crippen molar-refractivity contribution in [2.75, 3.05) is 16.8 Å². The maximum atomic E-state index is 13.4. The van der Waals surface area contributed by atoms with Crippen molar-refractivity contribution < 1.29 is 18.8 Å². The van der Waals surface area contributed by atoms with Gasteiger partial charge in [-0.25, -0.2) is 4.39 Å². The monoisotopic (exact) mass is 375 g/mol. The molecule has 2 aromatic rings. The van der Waals surface area contributed by atoms with Gasteiger partial charge in [-0.15, -0.1) is 11.8 Å². The normalized spacial score (nSPS) is 10.1. The van der Waals surface area contributed by atoms with Gasteiger partial charge in [0.2, 0.25) is 11.8 Å². The summed E-state index contributed by atoms with van der Waals surface area (Å²) in [6.45, 7) is 1.79. The van der Waals surface area contributed by atoms with E-state index in [1.807, 2.05) is 6.07 Å². The van der Waals surface area contributed by atoms with Crippen molar-refractivity contribution in [3.63, 3.8) is 0 Å². The van der Waals surface area contributed by atoms with Crippen molar-refractivity contribution in [1.29, 1.82) is 0 Å². The Morgan fingerprint density at radius 3 is 2.31 bits per heavy atom. The zero-order valence-electron chi connectivity index (χ0n) is 14.0. The van der Waals surface area contributed by atoms with Crippen LogP contribution in [-0.2, 0) is 9.59 Å². The van der Waals surface area contributed by atoms with Crippen molar-refractivity contribution >= 4 is 35.2 Å². The fourth-order valence-corrected chi connectivity index (χ4v) is 2.66. The third kappa shape index (κ3) is 5.89. The lowest BCUT2D eigenvalue weighted by Crippen LogP contribution is -2.42. The molecule has 0 fully saturated rings. The van der Waals surface area contributed by atoms with E-state index >= 15 is 0 Å². The Kier molecular flexibility index (Phi) is 7.16. The molecule has 0 spiro atoms. The summed E-state index contributed by atoms with van der Waals surface area (Å²) in [4.78, 5) is 35.4. The quantitative estimate of drug-likeness (QED) is 0.676. The third-order valence-corrected chi connectivity index (χ3v) is 4.25. The number of carbonyl (C=O) groups is 3. The summed E-state index contributed by atoms with van der Waals surface area (Å²) >= 11 is 1.05. The van der Waals surface area contributed by atoms with Gasteiger partial charge in [0.15, 0.2) is 0 Å². The summed E-state index contributed by atoms with van der Waals surface area (Å²) in [6.07, 6.45) is 0. The second-order valence-corrected chi connectivity index (χ2v) is 6.32. The first-order valence-electron chi connectivity index (χ1n) is 7.74. The molecule has 0 radical (unpaired) electrons. The van der Waals surface area contributed by atoms with Gasteiger partial charge in [0.05, 0.1) is 17.2 Å². The zero-order valence-corrected chi connectivity index (χ0v) is 14.9. The topological polar surface area (TPSA) is 87.3 Å². The number of hydrogen-bond donors (Lipinski definition) is 3. The molecule has 0 aliphatic carbocycles. The highest BCUT2D eigenvalue weighted by Crippen LogP contribution is 2.13. The Morgan fingerprint density at radius 2 is 1.58 bits per heavy atom. The minimum absolute atomic E-state index is 0.0203. The van der Waals surface area contributed by atoms with Crippen molar-refractivity contribution in [3.05, 3.63) is 65.5 Å². The highest BCUT2D eigenvalue weighted by molar-refractivity contribution is 8.00. The molecule has 0 unspecified atom stereocenters. The second kappa shape index (κ2) is 9.57. The Labute approximate surface area is 154 Å². The van der Waals surface area contributed by atoms with Crippen LogP contribution in [-0.4, -0.2) is 29.2 Å². The summed E-state index contributed by atoms with van der Waals surface area (Å²) in [5.74, 6) is -1.86. The fraction of sp³-hybridized carbons (Fsp3) is 0.167. The number of anilines is 1. The van der Waals surface area contributed by atoms with Gasteiger partial charge in [0, 0.05) is 5.56 Å². The van der Waals surface area contributed by atoms with Crippen LogP contribution in [0.3, 0.4) is 0 Å². The molecule has 2 rings (SSSR count). The number of carbonyl (C=O) groups excluding carboxylic acids is 3. The van der Waals surface area contributed by atoms with Gasteiger partial charge in [-0.2, -0.15) is 0 Å². The number of nitrogens with one attached hydrogen (secondary N) is 3. The molecule has 26 heavy (non-hydrogen) atoms. The van der Waals surface area contributed by atoms with E-state index in [1.165, 1.54) is 18.2 Å². The van der Waals surface area contributed by atoms with Crippen LogP contribution in [0, 0.1) is 12.7 Å². The first kappa shape index (κ1) is 19.5. The van der Waals surface area contributed by atoms with Gasteiger partial charge in [-0.3, -0.25) is 25.2 Å².